The summed E-state index contributed by atoms with van der Waals surface area (Å²) in [6.45, 7) is -0.282. The summed E-state index contributed by atoms with van der Waals surface area (Å²) in [6, 6.07) is 17.1. The van der Waals surface area contributed by atoms with Crippen LogP contribution in [0, 0.1) is 10.1 Å². The number of ether oxygens (including phenoxy) is 1. The molecule has 0 unspecified atom stereocenters. The molecule has 0 fully saturated rings. The van der Waals surface area contributed by atoms with Crippen LogP contribution in [0.25, 0.3) is 0 Å². The molecule has 3 aromatic carbocycles. The van der Waals surface area contributed by atoms with Crippen LogP contribution in [-0.4, -0.2) is 32.1 Å². The fraction of sp³-hybridized carbons (Fsp3) is 0.0476. The Morgan fingerprint density at radius 1 is 1.06 bits per heavy atom. The lowest BCUT2D eigenvalue weighted by molar-refractivity contribution is -0.387. The molecule has 170 valence electrons. The number of halogens is 1. The number of hydrogen-bond acceptors (Lipinski definition) is 8. The van der Waals surface area contributed by atoms with E-state index in [-0.39, 0.29) is 12.4 Å². The number of nitro benzene ring substituents is 1. The lowest BCUT2D eigenvalue weighted by Crippen LogP contribution is -2.24. The molecule has 0 aliphatic rings. The van der Waals surface area contributed by atoms with Crippen molar-refractivity contribution in [1.29, 1.82) is 0 Å². The third-order valence-corrected chi connectivity index (χ3v) is 5.53. The van der Waals surface area contributed by atoms with Crippen LogP contribution in [-0.2, 0) is 14.9 Å². The van der Waals surface area contributed by atoms with Gasteiger partial charge in [-0.05, 0) is 48.0 Å². The quantitative estimate of drug-likeness (QED) is 0.210. The molecule has 0 saturated heterocycles. The Morgan fingerprint density at radius 2 is 1.79 bits per heavy atom. The number of hydrazone groups is 1. The monoisotopic (exact) mass is 489 g/mol. The Balaban J connectivity index is 1.61. The van der Waals surface area contributed by atoms with E-state index in [1.807, 2.05) is 0 Å². The topological polar surface area (TPSA) is 137 Å². The molecule has 1 N–H and O–H groups in total. The highest BCUT2D eigenvalue weighted by atomic mass is 35.5. The molecule has 0 saturated carbocycles. The van der Waals surface area contributed by atoms with Gasteiger partial charge in [0.05, 0.1) is 11.1 Å². The number of rotatable bonds is 9. The van der Waals surface area contributed by atoms with Crippen molar-refractivity contribution in [3.63, 3.8) is 0 Å². The first-order chi connectivity index (χ1) is 15.7. The smallest absolute Gasteiger partial charge is 0.346 e. The number of nitro groups is 1. The van der Waals surface area contributed by atoms with Gasteiger partial charge in [0, 0.05) is 11.1 Å². The minimum Gasteiger partial charge on any atom is -0.484 e. The number of nitrogens with one attached hydrogen (secondary N) is 1. The molecule has 33 heavy (non-hydrogen) atoms. The van der Waals surface area contributed by atoms with Crippen molar-refractivity contribution >= 4 is 39.5 Å². The first-order valence-electron chi connectivity index (χ1n) is 9.23. The maximum absolute atomic E-state index is 12.5. The second-order valence-corrected chi connectivity index (χ2v) is 8.32. The Bertz CT molecular complexity index is 1300. The molecule has 0 atom stereocenters. The van der Waals surface area contributed by atoms with Crippen molar-refractivity contribution < 1.29 is 27.1 Å². The third-order valence-electron chi connectivity index (χ3n) is 3.98. The van der Waals surface area contributed by atoms with E-state index in [1.165, 1.54) is 36.5 Å². The van der Waals surface area contributed by atoms with E-state index in [1.54, 1.807) is 30.3 Å². The van der Waals surface area contributed by atoms with Crippen LogP contribution in [0.15, 0.2) is 82.8 Å². The highest BCUT2D eigenvalue weighted by Gasteiger charge is 2.27. The minimum absolute atomic E-state index is 0.0884. The van der Waals surface area contributed by atoms with E-state index in [9.17, 15) is 23.3 Å². The normalized spacial score (nSPS) is 11.2. The van der Waals surface area contributed by atoms with Crippen LogP contribution in [0.1, 0.15) is 5.56 Å². The molecule has 0 radical (unpaired) electrons. The fourth-order valence-electron chi connectivity index (χ4n) is 2.53. The van der Waals surface area contributed by atoms with Gasteiger partial charge in [0.25, 0.3) is 11.6 Å². The van der Waals surface area contributed by atoms with Crippen molar-refractivity contribution in [2.45, 2.75) is 4.90 Å². The number of carbonyl (C=O) groups is 1. The second-order valence-electron chi connectivity index (χ2n) is 6.37. The predicted molar refractivity (Wildman–Crippen MR) is 120 cm³/mol. The van der Waals surface area contributed by atoms with Crippen molar-refractivity contribution in [2.75, 3.05) is 6.61 Å². The summed E-state index contributed by atoms with van der Waals surface area (Å²) >= 11 is 5.77. The molecule has 0 aliphatic carbocycles. The van der Waals surface area contributed by atoms with Crippen LogP contribution < -0.4 is 14.3 Å². The highest BCUT2D eigenvalue weighted by Crippen LogP contribution is 2.26. The molecular weight excluding hydrogens is 474 g/mol. The van der Waals surface area contributed by atoms with Gasteiger partial charge in [-0.1, -0.05) is 35.9 Å². The maximum Gasteiger partial charge on any atom is 0.346 e. The van der Waals surface area contributed by atoms with Crippen LogP contribution in [0.2, 0.25) is 5.02 Å². The zero-order chi connectivity index (χ0) is 23.8. The van der Waals surface area contributed by atoms with E-state index in [0.29, 0.717) is 16.3 Å². The summed E-state index contributed by atoms with van der Waals surface area (Å²) in [5.74, 6) is -0.148. The number of carbonyl (C=O) groups excluding carboxylic acids is 1. The van der Waals surface area contributed by atoms with Gasteiger partial charge in [-0.3, -0.25) is 14.9 Å². The number of benzene rings is 3. The number of hydrogen-bond donors (Lipinski definition) is 1. The van der Waals surface area contributed by atoms with E-state index in [4.69, 9.17) is 20.5 Å². The summed E-state index contributed by atoms with van der Waals surface area (Å²) in [7, 11) is -4.46. The maximum atomic E-state index is 12.5. The predicted octanol–water partition coefficient (Wildman–Crippen LogP) is 3.55. The van der Waals surface area contributed by atoms with Gasteiger partial charge in [0.15, 0.2) is 11.5 Å². The fourth-order valence-corrected chi connectivity index (χ4v) is 3.75. The Hall–Kier alpha value is -3.96. The van der Waals surface area contributed by atoms with E-state index in [0.717, 1.165) is 12.1 Å². The largest absolute Gasteiger partial charge is 0.484 e. The van der Waals surface area contributed by atoms with Gasteiger partial charge in [-0.15, -0.1) is 0 Å². The van der Waals surface area contributed by atoms with E-state index < -0.39 is 31.5 Å². The first-order valence-corrected chi connectivity index (χ1v) is 11.0. The summed E-state index contributed by atoms with van der Waals surface area (Å²) < 4.78 is 35.3. The molecule has 3 rings (SSSR count). The van der Waals surface area contributed by atoms with Gasteiger partial charge in [-0.25, -0.2) is 5.43 Å². The van der Waals surface area contributed by atoms with Gasteiger partial charge >= 0.3 is 10.1 Å². The molecule has 3 aromatic rings. The standard InChI is InChI=1S/C21H16ClN3O7S/c22-16-8-10-17(11-9-16)31-14-21(26)24-23-13-15-4-3-5-18(12-15)32-33(29,30)20-7-2-1-6-19(20)25(27)28/h1-13H,14H2,(H,24,26)/b23-13-. The zero-order valence-electron chi connectivity index (χ0n) is 16.8. The van der Waals surface area contributed by atoms with Gasteiger partial charge in [-0.2, -0.15) is 13.5 Å². The molecule has 0 aliphatic heterocycles. The lowest BCUT2D eigenvalue weighted by Gasteiger charge is -2.08. The first kappa shape index (κ1) is 23.7. The van der Waals surface area contributed by atoms with Crippen molar-refractivity contribution in [2.24, 2.45) is 5.10 Å². The molecular formula is C21H16ClN3O7S. The Kier molecular flexibility index (Phi) is 7.59. The molecule has 0 aromatic heterocycles. The summed E-state index contributed by atoms with van der Waals surface area (Å²) in [4.78, 5) is 21.6. The van der Waals surface area contributed by atoms with Crippen LogP contribution in [0.3, 0.4) is 0 Å². The van der Waals surface area contributed by atoms with Gasteiger partial charge in [0.1, 0.15) is 11.5 Å². The SMILES string of the molecule is O=C(COc1ccc(Cl)cc1)N/N=C\c1cccc(OS(=O)(=O)c2ccccc2[N+](=O)[O-])c1. The van der Waals surface area contributed by atoms with E-state index in [2.05, 4.69) is 10.5 Å². The minimum atomic E-state index is -4.46. The molecule has 0 heterocycles. The molecule has 1 amide bonds. The van der Waals surface area contributed by atoms with Crippen molar-refractivity contribution in [3.8, 4) is 11.5 Å². The van der Waals surface area contributed by atoms with Crippen LogP contribution in [0.5, 0.6) is 11.5 Å². The van der Waals surface area contributed by atoms with E-state index >= 15 is 0 Å². The van der Waals surface area contributed by atoms with Gasteiger partial charge < -0.3 is 8.92 Å². The average Bonchev–Trinajstić information content (AvgIpc) is 2.78. The molecule has 0 bridgehead atoms. The third kappa shape index (κ3) is 6.76. The summed E-state index contributed by atoms with van der Waals surface area (Å²) in [5, 5.41) is 15.4. The van der Waals surface area contributed by atoms with Gasteiger partial charge in [0.2, 0.25) is 0 Å². The molecule has 0 spiro atoms. The number of para-hydroxylation sites is 1. The summed E-state index contributed by atoms with van der Waals surface area (Å²) in [5.41, 5.74) is 2.08. The molecule has 12 heteroatoms. The number of amides is 1. The molecule has 10 nitrogen and oxygen atoms in total. The summed E-state index contributed by atoms with van der Waals surface area (Å²) in [6.07, 6.45) is 1.27. The van der Waals surface area contributed by atoms with Crippen LogP contribution >= 0.6 is 11.6 Å². The zero-order valence-corrected chi connectivity index (χ0v) is 18.3. The average molecular weight is 490 g/mol. The van der Waals surface area contributed by atoms with Crippen molar-refractivity contribution in [3.05, 3.63) is 93.5 Å². The second kappa shape index (κ2) is 10.6. The Labute approximate surface area is 193 Å². The number of nitrogens with zero attached hydrogens (tertiary/aromatic N) is 2. The lowest BCUT2D eigenvalue weighted by atomic mass is 10.2. The van der Waals surface area contributed by atoms with Crippen molar-refractivity contribution in [1.82, 2.24) is 5.43 Å². The Morgan fingerprint density at radius 3 is 2.52 bits per heavy atom. The highest BCUT2D eigenvalue weighted by molar-refractivity contribution is 7.87. The van der Waals surface area contributed by atoms with Crippen LogP contribution in [0.4, 0.5) is 5.69 Å².